The van der Waals surface area contributed by atoms with Crippen LogP contribution < -0.4 is 4.72 Å². The maximum atomic E-state index is 12.2. The lowest BCUT2D eigenvalue weighted by Gasteiger charge is -2.29. The number of nitrogens with zero attached hydrogens (tertiary/aromatic N) is 2. The van der Waals surface area contributed by atoms with Gasteiger partial charge in [0.2, 0.25) is 10.0 Å². The minimum atomic E-state index is -3.59. The van der Waals surface area contributed by atoms with Gasteiger partial charge >= 0.3 is 0 Å². The van der Waals surface area contributed by atoms with Gasteiger partial charge in [0, 0.05) is 12.2 Å². The molecule has 0 atom stereocenters. The van der Waals surface area contributed by atoms with Crippen LogP contribution in [0.1, 0.15) is 12.8 Å². The quantitative estimate of drug-likeness (QED) is 0.861. The molecule has 1 aliphatic heterocycles. The topological polar surface area (TPSA) is 62.3 Å². The number of hydrogen-bond donors (Lipinski definition) is 1. The van der Waals surface area contributed by atoms with E-state index in [4.69, 9.17) is 23.2 Å². The van der Waals surface area contributed by atoms with Crippen LogP contribution >= 0.6 is 23.2 Å². The van der Waals surface area contributed by atoms with Crippen molar-refractivity contribution in [3.63, 3.8) is 0 Å². The van der Waals surface area contributed by atoms with Gasteiger partial charge in [0.1, 0.15) is 10.0 Å². The van der Waals surface area contributed by atoms with Crippen molar-refractivity contribution in [2.24, 2.45) is 0 Å². The molecular weight excluding hydrogens is 309 g/mol. The second-order valence-corrected chi connectivity index (χ2v) is 7.12. The van der Waals surface area contributed by atoms with Crippen LogP contribution in [-0.4, -0.2) is 44.5 Å². The third kappa shape index (κ3) is 3.79. The number of pyridine rings is 1. The Kier molecular flexibility index (Phi) is 4.68. The molecule has 1 fully saturated rings. The number of likely N-dealkylation sites (tertiary alicyclic amines) is 1. The Hall–Kier alpha value is -0.400. The van der Waals surface area contributed by atoms with Crippen LogP contribution in [0.5, 0.6) is 0 Å². The SMILES string of the molecule is CN1CCC(NS(=O)(=O)c2cnc(Cl)c(Cl)c2)CC1. The summed E-state index contributed by atoms with van der Waals surface area (Å²) in [7, 11) is -1.57. The fraction of sp³-hybridized carbons (Fsp3) is 0.545. The van der Waals surface area contributed by atoms with Crippen LogP contribution in [-0.2, 0) is 10.0 Å². The monoisotopic (exact) mass is 323 g/mol. The van der Waals surface area contributed by atoms with Gasteiger partial charge in [0.25, 0.3) is 0 Å². The summed E-state index contributed by atoms with van der Waals surface area (Å²) in [5, 5.41) is 0.229. The highest BCUT2D eigenvalue weighted by molar-refractivity contribution is 7.89. The second-order valence-electron chi connectivity index (χ2n) is 4.64. The smallest absolute Gasteiger partial charge is 0.242 e. The number of rotatable bonds is 3. The van der Waals surface area contributed by atoms with Crippen LogP contribution in [0, 0.1) is 0 Å². The molecule has 0 amide bonds. The highest BCUT2D eigenvalue weighted by Gasteiger charge is 2.24. The molecule has 0 unspecified atom stereocenters. The molecule has 106 valence electrons. The summed E-state index contributed by atoms with van der Waals surface area (Å²) in [5.74, 6) is 0. The highest BCUT2D eigenvalue weighted by atomic mass is 35.5. The molecule has 8 heteroatoms. The van der Waals surface area contributed by atoms with Crippen molar-refractivity contribution in [3.05, 3.63) is 22.4 Å². The Morgan fingerprint density at radius 3 is 2.58 bits per heavy atom. The van der Waals surface area contributed by atoms with Gasteiger partial charge in [-0.3, -0.25) is 0 Å². The van der Waals surface area contributed by atoms with E-state index in [0.717, 1.165) is 25.9 Å². The summed E-state index contributed by atoms with van der Waals surface area (Å²) in [6, 6.07) is 1.27. The van der Waals surface area contributed by atoms with E-state index in [-0.39, 0.29) is 21.1 Å². The number of aromatic nitrogens is 1. The Labute approximate surface area is 123 Å². The lowest BCUT2D eigenvalue weighted by atomic mass is 10.1. The molecule has 0 radical (unpaired) electrons. The normalized spacial score (nSPS) is 18.7. The molecule has 5 nitrogen and oxygen atoms in total. The van der Waals surface area contributed by atoms with Crippen molar-refractivity contribution in [3.8, 4) is 0 Å². The average molecular weight is 324 g/mol. The van der Waals surface area contributed by atoms with Gasteiger partial charge in [-0.1, -0.05) is 23.2 Å². The van der Waals surface area contributed by atoms with Crippen molar-refractivity contribution in [1.82, 2.24) is 14.6 Å². The fourth-order valence-electron chi connectivity index (χ4n) is 1.96. The van der Waals surface area contributed by atoms with Crippen LogP contribution in [0.25, 0.3) is 0 Å². The highest BCUT2D eigenvalue weighted by Crippen LogP contribution is 2.22. The van der Waals surface area contributed by atoms with Crippen molar-refractivity contribution >= 4 is 33.2 Å². The Morgan fingerprint density at radius 2 is 2.00 bits per heavy atom. The van der Waals surface area contributed by atoms with Crippen LogP contribution in [0.4, 0.5) is 0 Å². The summed E-state index contributed by atoms with van der Waals surface area (Å²) < 4.78 is 27.0. The van der Waals surface area contributed by atoms with Gasteiger partial charge in [0.05, 0.1) is 5.02 Å². The number of halogens is 2. The first-order valence-corrected chi connectivity index (χ1v) is 8.14. The minimum absolute atomic E-state index is 0.0424. The number of hydrogen-bond acceptors (Lipinski definition) is 4. The summed E-state index contributed by atoms with van der Waals surface area (Å²) in [6.07, 6.45) is 2.81. The molecule has 1 saturated heterocycles. The molecule has 0 saturated carbocycles. The Balaban J connectivity index is 2.11. The van der Waals surface area contributed by atoms with Crippen LogP contribution in [0.3, 0.4) is 0 Å². The first kappa shape index (κ1) is 15.0. The molecule has 0 aliphatic carbocycles. The zero-order valence-electron chi connectivity index (χ0n) is 10.4. The van der Waals surface area contributed by atoms with Gasteiger partial charge in [-0.2, -0.15) is 0 Å². The molecule has 1 N–H and O–H groups in total. The summed E-state index contributed by atoms with van der Waals surface area (Å²) in [6.45, 7) is 1.76. The summed E-state index contributed by atoms with van der Waals surface area (Å²) in [5.41, 5.74) is 0. The van der Waals surface area contributed by atoms with E-state index in [0.29, 0.717) is 0 Å². The van der Waals surface area contributed by atoms with Gasteiger partial charge in [-0.05, 0) is 39.0 Å². The maximum absolute atomic E-state index is 12.2. The second kappa shape index (κ2) is 5.93. The van der Waals surface area contributed by atoms with Gasteiger partial charge in [-0.15, -0.1) is 0 Å². The van der Waals surface area contributed by atoms with E-state index in [1.165, 1.54) is 12.3 Å². The standard InChI is InChI=1S/C11H15Cl2N3O2S/c1-16-4-2-8(3-5-16)15-19(17,18)9-6-10(12)11(13)14-7-9/h6-8,15H,2-5H2,1H3. The molecule has 1 aliphatic rings. The van der Waals surface area contributed by atoms with E-state index >= 15 is 0 Å². The predicted octanol–water partition coefficient (Wildman–Crippen LogP) is 1.76. The fourth-order valence-corrected chi connectivity index (χ4v) is 3.57. The molecule has 19 heavy (non-hydrogen) atoms. The molecule has 2 heterocycles. The molecule has 0 spiro atoms. The lowest BCUT2D eigenvalue weighted by Crippen LogP contribution is -2.43. The third-order valence-corrected chi connectivity index (χ3v) is 5.30. The van der Waals surface area contributed by atoms with Gasteiger partial charge in [0.15, 0.2) is 0 Å². The van der Waals surface area contributed by atoms with E-state index in [1.54, 1.807) is 0 Å². The van der Waals surface area contributed by atoms with E-state index in [2.05, 4.69) is 14.6 Å². The van der Waals surface area contributed by atoms with Crippen molar-refractivity contribution in [2.45, 2.75) is 23.8 Å². The van der Waals surface area contributed by atoms with E-state index < -0.39 is 10.0 Å². The number of sulfonamides is 1. The van der Waals surface area contributed by atoms with Crippen molar-refractivity contribution in [1.29, 1.82) is 0 Å². The molecule has 1 aromatic rings. The van der Waals surface area contributed by atoms with Gasteiger partial charge < -0.3 is 4.90 Å². The van der Waals surface area contributed by atoms with Crippen molar-refractivity contribution < 1.29 is 8.42 Å². The molecular formula is C11H15Cl2N3O2S. The third-order valence-electron chi connectivity index (χ3n) is 3.12. The molecule has 1 aromatic heterocycles. The maximum Gasteiger partial charge on any atom is 0.242 e. The largest absolute Gasteiger partial charge is 0.306 e. The molecule has 0 aromatic carbocycles. The van der Waals surface area contributed by atoms with E-state index in [1.807, 2.05) is 7.05 Å². The summed E-state index contributed by atoms with van der Waals surface area (Å²) >= 11 is 11.5. The Morgan fingerprint density at radius 1 is 1.37 bits per heavy atom. The molecule has 2 rings (SSSR count). The van der Waals surface area contributed by atoms with Crippen LogP contribution in [0.2, 0.25) is 10.2 Å². The minimum Gasteiger partial charge on any atom is -0.306 e. The zero-order chi connectivity index (χ0) is 14.0. The first-order chi connectivity index (χ1) is 8.88. The average Bonchev–Trinajstić information content (AvgIpc) is 2.35. The summed E-state index contributed by atoms with van der Waals surface area (Å²) in [4.78, 5) is 5.97. The van der Waals surface area contributed by atoms with E-state index in [9.17, 15) is 8.42 Å². The lowest BCUT2D eigenvalue weighted by molar-refractivity contribution is 0.248. The zero-order valence-corrected chi connectivity index (χ0v) is 12.8. The number of piperidine rings is 1. The Bertz CT molecular complexity index is 557. The predicted molar refractivity (Wildman–Crippen MR) is 75.1 cm³/mol. The van der Waals surface area contributed by atoms with Gasteiger partial charge in [-0.25, -0.2) is 18.1 Å². The number of nitrogens with one attached hydrogen (secondary N) is 1. The molecule has 0 bridgehead atoms. The van der Waals surface area contributed by atoms with Crippen molar-refractivity contribution in [2.75, 3.05) is 20.1 Å². The first-order valence-electron chi connectivity index (χ1n) is 5.90. The van der Waals surface area contributed by atoms with Crippen LogP contribution in [0.15, 0.2) is 17.2 Å².